The van der Waals surface area contributed by atoms with Gasteiger partial charge in [0.2, 0.25) is 0 Å². The van der Waals surface area contributed by atoms with Gasteiger partial charge in [0, 0.05) is 16.1 Å². The number of rotatable bonds is 3. The third kappa shape index (κ3) is 2.90. The van der Waals surface area contributed by atoms with Gasteiger partial charge in [0.05, 0.1) is 12.6 Å². The fourth-order valence-corrected chi connectivity index (χ4v) is 2.29. The molecule has 106 valence electrons. The number of hydrogen-bond acceptors (Lipinski definition) is 4. The fraction of sp³-hybridized carbons (Fsp3) is 0.125. The van der Waals surface area contributed by atoms with Crippen molar-refractivity contribution in [1.82, 2.24) is 9.97 Å². The Kier molecular flexibility index (Phi) is 3.62. The van der Waals surface area contributed by atoms with Crippen LogP contribution in [0.25, 0.3) is 10.9 Å². The molecule has 0 aliphatic heterocycles. The Morgan fingerprint density at radius 3 is 2.52 bits per heavy atom. The van der Waals surface area contributed by atoms with Crippen molar-refractivity contribution in [3.63, 3.8) is 0 Å². The monoisotopic (exact) mass is 299 g/mol. The second-order valence-electron chi connectivity index (χ2n) is 4.63. The van der Waals surface area contributed by atoms with Gasteiger partial charge in [-0.1, -0.05) is 11.6 Å². The topological polar surface area (TPSA) is 47.0 Å². The van der Waals surface area contributed by atoms with Crippen molar-refractivity contribution >= 4 is 34.0 Å². The fourth-order valence-electron chi connectivity index (χ4n) is 2.13. The second-order valence-corrected chi connectivity index (χ2v) is 5.07. The van der Waals surface area contributed by atoms with Crippen LogP contribution >= 0.6 is 11.6 Å². The van der Waals surface area contributed by atoms with E-state index in [2.05, 4.69) is 15.3 Å². The first-order chi connectivity index (χ1) is 10.2. The van der Waals surface area contributed by atoms with Crippen LogP contribution in [-0.4, -0.2) is 17.1 Å². The van der Waals surface area contributed by atoms with Gasteiger partial charge >= 0.3 is 0 Å². The molecule has 0 saturated heterocycles. The summed E-state index contributed by atoms with van der Waals surface area (Å²) in [6.45, 7) is 1.86. The molecule has 0 spiro atoms. The van der Waals surface area contributed by atoms with Gasteiger partial charge in [-0.15, -0.1) is 0 Å². The third-order valence-electron chi connectivity index (χ3n) is 3.12. The lowest BCUT2D eigenvalue weighted by Crippen LogP contribution is -1.99. The maximum absolute atomic E-state index is 6.02. The van der Waals surface area contributed by atoms with E-state index in [0.717, 1.165) is 28.2 Å². The Labute approximate surface area is 127 Å². The summed E-state index contributed by atoms with van der Waals surface area (Å²) >= 11 is 6.02. The largest absolute Gasteiger partial charge is 0.497 e. The van der Waals surface area contributed by atoms with E-state index >= 15 is 0 Å². The Bertz CT molecular complexity index is 782. The first-order valence-corrected chi connectivity index (χ1v) is 6.88. The molecule has 3 aromatic rings. The molecule has 3 rings (SSSR count). The maximum Gasteiger partial charge on any atom is 0.142 e. The summed E-state index contributed by atoms with van der Waals surface area (Å²) in [6, 6.07) is 13.3. The number of anilines is 2. The number of aromatic nitrogens is 2. The van der Waals surface area contributed by atoms with Crippen molar-refractivity contribution in [2.75, 3.05) is 12.4 Å². The highest BCUT2D eigenvalue weighted by Crippen LogP contribution is 2.26. The molecule has 0 bridgehead atoms. The van der Waals surface area contributed by atoms with E-state index in [-0.39, 0.29) is 0 Å². The number of benzene rings is 2. The zero-order chi connectivity index (χ0) is 14.8. The zero-order valence-electron chi connectivity index (χ0n) is 11.7. The lowest BCUT2D eigenvalue weighted by atomic mass is 10.2. The molecule has 0 radical (unpaired) electrons. The first kappa shape index (κ1) is 13.6. The number of halogens is 1. The van der Waals surface area contributed by atoms with E-state index in [1.807, 2.05) is 49.4 Å². The smallest absolute Gasteiger partial charge is 0.142 e. The summed E-state index contributed by atoms with van der Waals surface area (Å²) in [5.41, 5.74) is 1.76. The minimum absolute atomic E-state index is 0.663. The Morgan fingerprint density at radius 1 is 1.05 bits per heavy atom. The van der Waals surface area contributed by atoms with E-state index in [1.54, 1.807) is 7.11 Å². The van der Waals surface area contributed by atoms with Crippen LogP contribution in [0, 0.1) is 6.92 Å². The highest BCUT2D eigenvalue weighted by Gasteiger charge is 2.07. The molecule has 21 heavy (non-hydrogen) atoms. The van der Waals surface area contributed by atoms with Gasteiger partial charge in [-0.25, -0.2) is 9.97 Å². The summed E-state index contributed by atoms with van der Waals surface area (Å²) in [6.07, 6.45) is 0. The van der Waals surface area contributed by atoms with Crippen molar-refractivity contribution in [2.24, 2.45) is 0 Å². The summed E-state index contributed by atoms with van der Waals surface area (Å²) in [5.74, 6) is 2.27. The van der Waals surface area contributed by atoms with Crippen LogP contribution in [0.1, 0.15) is 5.82 Å². The van der Waals surface area contributed by atoms with Crippen LogP contribution in [0.15, 0.2) is 42.5 Å². The molecule has 4 nitrogen and oxygen atoms in total. The standard InChI is InChI=1S/C16H14ClN3O/c1-10-18-15-9-11(17)3-8-14(15)16(19-10)20-12-4-6-13(21-2)7-5-12/h3-9H,1-2H3,(H,18,19,20). The molecular formula is C16H14ClN3O. The molecule has 0 aliphatic carbocycles. The number of nitrogens with zero attached hydrogens (tertiary/aromatic N) is 2. The molecule has 1 aromatic heterocycles. The number of methoxy groups -OCH3 is 1. The van der Waals surface area contributed by atoms with Crippen LogP contribution in [0.3, 0.4) is 0 Å². The highest BCUT2D eigenvalue weighted by molar-refractivity contribution is 6.31. The van der Waals surface area contributed by atoms with Crippen molar-refractivity contribution in [2.45, 2.75) is 6.92 Å². The molecule has 1 N–H and O–H groups in total. The number of fused-ring (bicyclic) bond motifs is 1. The predicted octanol–water partition coefficient (Wildman–Crippen LogP) is 4.34. The molecule has 0 fully saturated rings. The number of hydrogen-bond donors (Lipinski definition) is 1. The lowest BCUT2D eigenvalue weighted by molar-refractivity contribution is 0.415. The molecule has 2 aromatic carbocycles. The summed E-state index contributed by atoms with van der Waals surface area (Å²) < 4.78 is 5.15. The van der Waals surface area contributed by atoms with Crippen LogP contribution < -0.4 is 10.1 Å². The van der Waals surface area contributed by atoms with Gasteiger partial charge in [-0.05, 0) is 49.4 Å². The molecule has 0 unspecified atom stereocenters. The summed E-state index contributed by atoms with van der Waals surface area (Å²) in [4.78, 5) is 8.88. The van der Waals surface area contributed by atoms with E-state index in [1.165, 1.54) is 0 Å². The van der Waals surface area contributed by atoms with Gasteiger partial charge in [0.25, 0.3) is 0 Å². The van der Waals surface area contributed by atoms with Crippen molar-refractivity contribution < 1.29 is 4.74 Å². The number of aryl methyl sites for hydroxylation is 1. The van der Waals surface area contributed by atoms with Crippen LogP contribution in [0.2, 0.25) is 5.02 Å². The number of nitrogens with one attached hydrogen (secondary N) is 1. The van der Waals surface area contributed by atoms with Crippen LogP contribution in [-0.2, 0) is 0 Å². The van der Waals surface area contributed by atoms with Crippen LogP contribution in [0.5, 0.6) is 5.75 Å². The second kappa shape index (κ2) is 5.58. The first-order valence-electron chi connectivity index (χ1n) is 6.51. The van der Waals surface area contributed by atoms with E-state index in [0.29, 0.717) is 10.8 Å². The van der Waals surface area contributed by atoms with E-state index in [4.69, 9.17) is 16.3 Å². The predicted molar refractivity (Wildman–Crippen MR) is 85.6 cm³/mol. The van der Waals surface area contributed by atoms with Crippen LogP contribution in [0.4, 0.5) is 11.5 Å². The molecule has 0 saturated carbocycles. The molecule has 5 heteroatoms. The average Bonchev–Trinajstić information content (AvgIpc) is 2.47. The maximum atomic E-state index is 6.02. The SMILES string of the molecule is COc1ccc(Nc2nc(C)nc3cc(Cl)ccc23)cc1. The Balaban J connectivity index is 2.02. The molecule has 1 heterocycles. The summed E-state index contributed by atoms with van der Waals surface area (Å²) in [5, 5.41) is 4.90. The van der Waals surface area contributed by atoms with E-state index in [9.17, 15) is 0 Å². The van der Waals surface area contributed by atoms with Gasteiger partial charge in [0.1, 0.15) is 17.4 Å². The average molecular weight is 300 g/mol. The quantitative estimate of drug-likeness (QED) is 0.781. The zero-order valence-corrected chi connectivity index (χ0v) is 12.5. The van der Waals surface area contributed by atoms with Gasteiger partial charge in [-0.2, -0.15) is 0 Å². The molecular weight excluding hydrogens is 286 g/mol. The van der Waals surface area contributed by atoms with Gasteiger partial charge in [0.15, 0.2) is 0 Å². The molecule has 0 amide bonds. The minimum Gasteiger partial charge on any atom is -0.497 e. The Hall–Kier alpha value is -2.33. The molecule has 0 atom stereocenters. The highest BCUT2D eigenvalue weighted by atomic mass is 35.5. The van der Waals surface area contributed by atoms with Crippen molar-refractivity contribution in [3.8, 4) is 5.75 Å². The van der Waals surface area contributed by atoms with Crippen molar-refractivity contribution in [1.29, 1.82) is 0 Å². The third-order valence-corrected chi connectivity index (χ3v) is 3.36. The summed E-state index contributed by atoms with van der Waals surface area (Å²) in [7, 11) is 1.65. The minimum atomic E-state index is 0.663. The normalized spacial score (nSPS) is 10.6. The van der Waals surface area contributed by atoms with Crippen molar-refractivity contribution in [3.05, 3.63) is 53.3 Å². The van der Waals surface area contributed by atoms with E-state index < -0.39 is 0 Å². The van der Waals surface area contributed by atoms with Gasteiger partial charge in [-0.3, -0.25) is 0 Å². The van der Waals surface area contributed by atoms with Gasteiger partial charge < -0.3 is 10.1 Å². The Morgan fingerprint density at radius 2 is 1.81 bits per heavy atom. The molecule has 0 aliphatic rings. The lowest BCUT2D eigenvalue weighted by Gasteiger charge is -2.10. The number of ether oxygens (including phenoxy) is 1.